The fraction of sp³-hybridized carbons (Fsp3) is 0.462. The van der Waals surface area contributed by atoms with Gasteiger partial charge in [-0.25, -0.2) is 4.79 Å². The molecule has 0 aliphatic carbocycles. The normalized spacial score (nSPS) is 22.2. The number of rotatable bonds is 2. The number of hydrogen-bond donors (Lipinski definition) is 2. The standard InChI is InChI=1S/C13H15BrN2O2/c14-12(11-3-1-2-6-18-11)8-4-5-9-10(7-8)16-13(17)15-9/h4-5,7,11-12H,1-3,6H2,(H2,15,16,17). The molecule has 1 aliphatic heterocycles. The number of H-pyrrole nitrogens is 2. The van der Waals surface area contributed by atoms with E-state index in [9.17, 15) is 4.79 Å². The monoisotopic (exact) mass is 310 g/mol. The van der Waals surface area contributed by atoms with E-state index < -0.39 is 0 Å². The molecule has 2 N–H and O–H groups in total. The summed E-state index contributed by atoms with van der Waals surface area (Å²) >= 11 is 3.71. The highest BCUT2D eigenvalue weighted by Crippen LogP contribution is 2.34. The maximum atomic E-state index is 11.2. The van der Waals surface area contributed by atoms with Crippen molar-refractivity contribution in [3.05, 3.63) is 34.2 Å². The number of benzene rings is 1. The Kier molecular flexibility index (Phi) is 3.26. The van der Waals surface area contributed by atoms with Crippen molar-refractivity contribution >= 4 is 27.0 Å². The molecule has 96 valence electrons. The van der Waals surface area contributed by atoms with Gasteiger partial charge in [-0.1, -0.05) is 22.0 Å². The molecule has 1 aromatic heterocycles. The van der Waals surface area contributed by atoms with Crippen molar-refractivity contribution < 1.29 is 4.74 Å². The lowest BCUT2D eigenvalue weighted by Gasteiger charge is -2.27. The summed E-state index contributed by atoms with van der Waals surface area (Å²) in [6.07, 6.45) is 3.68. The lowest BCUT2D eigenvalue weighted by molar-refractivity contribution is 0.0161. The van der Waals surface area contributed by atoms with Crippen LogP contribution in [0.25, 0.3) is 11.0 Å². The molecule has 0 radical (unpaired) electrons. The summed E-state index contributed by atoms with van der Waals surface area (Å²) in [5.41, 5.74) is 2.66. The van der Waals surface area contributed by atoms with Crippen LogP contribution < -0.4 is 5.69 Å². The summed E-state index contributed by atoms with van der Waals surface area (Å²) in [4.78, 5) is 16.9. The Morgan fingerprint density at radius 2 is 2.11 bits per heavy atom. The highest BCUT2D eigenvalue weighted by atomic mass is 79.9. The molecule has 0 saturated carbocycles. The Bertz CT molecular complexity index is 598. The molecule has 0 bridgehead atoms. The minimum Gasteiger partial charge on any atom is -0.377 e. The van der Waals surface area contributed by atoms with Gasteiger partial charge in [0.25, 0.3) is 0 Å². The second-order valence-electron chi connectivity index (χ2n) is 4.69. The number of ether oxygens (including phenoxy) is 1. The van der Waals surface area contributed by atoms with E-state index in [1.165, 1.54) is 6.42 Å². The highest BCUT2D eigenvalue weighted by molar-refractivity contribution is 9.09. The molecule has 1 aliphatic rings. The molecule has 0 spiro atoms. The fourth-order valence-corrected chi connectivity index (χ4v) is 3.13. The molecule has 2 atom stereocenters. The summed E-state index contributed by atoms with van der Waals surface area (Å²) < 4.78 is 5.78. The summed E-state index contributed by atoms with van der Waals surface area (Å²) in [6, 6.07) is 5.97. The summed E-state index contributed by atoms with van der Waals surface area (Å²) in [5.74, 6) is 0. The molecule has 0 amide bonds. The largest absolute Gasteiger partial charge is 0.377 e. The molecule has 4 nitrogen and oxygen atoms in total. The van der Waals surface area contributed by atoms with Crippen LogP contribution in [0.1, 0.15) is 29.7 Å². The van der Waals surface area contributed by atoms with E-state index in [4.69, 9.17) is 4.74 Å². The first-order valence-electron chi connectivity index (χ1n) is 6.22. The van der Waals surface area contributed by atoms with Crippen molar-refractivity contribution in [2.24, 2.45) is 0 Å². The van der Waals surface area contributed by atoms with Gasteiger partial charge in [-0.05, 0) is 37.0 Å². The molecule has 5 heteroatoms. The van der Waals surface area contributed by atoms with Gasteiger partial charge < -0.3 is 14.7 Å². The van der Waals surface area contributed by atoms with Crippen LogP contribution in [-0.2, 0) is 4.74 Å². The van der Waals surface area contributed by atoms with Gasteiger partial charge in [0.15, 0.2) is 0 Å². The molecule has 2 heterocycles. The predicted molar refractivity (Wildman–Crippen MR) is 74.2 cm³/mol. The Hall–Kier alpha value is -1.07. The van der Waals surface area contributed by atoms with E-state index in [1.807, 2.05) is 18.2 Å². The van der Waals surface area contributed by atoms with E-state index >= 15 is 0 Å². The van der Waals surface area contributed by atoms with Gasteiger partial charge in [-0.2, -0.15) is 0 Å². The first-order valence-corrected chi connectivity index (χ1v) is 7.13. The number of nitrogens with one attached hydrogen (secondary N) is 2. The molecule has 1 fully saturated rings. The van der Waals surface area contributed by atoms with Gasteiger partial charge in [0.05, 0.1) is 22.0 Å². The Balaban J connectivity index is 1.90. The average molecular weight is 311 g/mol. The summed E-state index contributed by atoms with van der Waals surface area (Å²) in [5, 5.41) is 0. The molecule has 2 aromatic rings. The van der Waals surface area contributed by atoms with E-state index in [1.54, 1.807) is 0 Å². The van der Waals surface area contributed by atoms with Crippen LogP contribution >= 0.6 is 15.9 Å². The van der Waals surface area contributed by atoms with Gasteiger partial charge in [0, 0.05) is 6.61 Å². The first-order chi connectivity index (χ1) is 8.74. The second kappa shape index (κ2) is 4.90. The van der Waals surface area contributed by atoms with Crippen molar-refractivity contribution in [1.82, 2.24) is 9.97 Å². The van der Waals surface area contributed by atoms with E-state index in [2.05, 4.69) is 25.9 Å². The average Bonchev–Trinajstić information content (AvgIpc) is 2.78. The Morgan fingerprint density at radius 3 is 2.89 bits per heavy atom. The number of aromatic nitrogens is 2. The van der Waals surface area contributed by atoms with Crippen LogP contribution in [0.2, 0.25) is 0 Å². The van der Waals surface area contributed by atoms with Crippen LogP contribution in [0, 0.1) is 0 Å². The van der Waals surface area contributed by atoms with Crippen molar-refractivity contribution in [3.63, 3.8) is 0 Å². The zero-order valence-corrected chi connectivity index (χ0v) is 11.5. The van der Waals surface area contributed by atoms with E-state index in [0.29, 0.717) is 0 Å². The number of halogens is 1. The van der Waals surface area contributed by atoms with Crippen LogP contribution in [-0.4, -0.2) is 22.7 Å². The van der Waals surface area contributed by atoms with Gasteiger partial charge in [-0.15, -0.1) is 0 Å². The molecule has 2 unspecified atom stereocenters. The van der Waals surface area contributed by atoms with Gasteiger partial charge in [0.1, 0.15) is 0 Å². The predicted octanol–water partition coefficient (Wildman–Crippen LogP) is 2.86. The number of alkyl halides is 1. The zero-order chi connectivity index (χ0) is 12.5. The molecular formula is C13H15BrN2O2. The minimum atomic E-state index is -0.165. The number of fused-ring (bicyclic) bond motifs is 1. The van der Waals surface area contributed by atoms with Gasteiger partial charge in [0.2, 0.25) is 0 Å². The zero-order valence-electron chi connectivity index (χ0n) is 9.91. The summed E-state index contributed by atoms with van der Waals surface area (Å²) in [7, 11) is 0. The fourth-order valence-electron chi connectivity index (χ4n) is 2.43. The lowest BCUT2D eigenvalue weighted by Crippen LogP contribution is -2.23. The SMILES string of the molecule is O=c1[nH]c2ccc(C(Br)C3CCCCO3)cc2[nH]1. The van der Waals surface area contributed by atoms with Crippen molar-refractivity contribution in [2.45, 2.75) is 30.2 Å². The number of hydrogen-bond acceptors (Lipinski definition) is 2. The molecule has 18 heavy (non-hydrogen) atoms. The Labute approximate surface area is 113 Å². The lowest BCUT2D eigenvalue weighted by atomic mass is 10.0. The van der Waals surface area contributed by atoms with Crippen molar-refractivity contribution in [2.75, 3.05) is 6.61 Å². The van der Waals surface area contributed by atoms with E-state index in [0.717, 1.165) is 36.0 Å². The third-order valence-corrected chi connectivity index (χ3v) is 4.52. The number of aromatic amines is 2. The maximum Gasteiger partial charge on any atom is 0.323 e. The third-order valence-electron chi connectivity index (χ3n) is 3.40. The molecule has 1 saturated heterocycles. The van der Waals surface area contributed by atoms with Crippen LogP contribution in [0.4, 0.5) is 0 Å². The molecule has 1 aromatic carbocycles. The molecular weight excluding hydrogens is 296 g/mol. The second-order valence-corrected chi connectivity index (χ2v) is 5.68. The smallest absolute Gasteiger partial charge is 0.323 e. The third kappa shape index (κ3) is 2.24. The topological polar surface area (TPSA) is 57.9 Å². The number of imidazole rings is 1. The van der Waals surface area contributed by atoms with Crippen LogP contribution in [0.5, 0.6) is 0 Å². The van der Waals surface area contributed by atoms with E-state index in [-0.39, 0.29) is 16.6 Å². The molecule has 3 rings (SSSR count). The van der Waals surface area contributed by atoms with Gasteiger partial charge >= 0.3 is 5.69 Å². The van der Waals surface area contributed by atoms with Crippen LogP contribution in [0.15, 0.2) is 23.0 Å². The highest BCUT2D eigenvalue weighted by Gasteiger charge is 2.23. The maximum absolute atomic E-state index is 11.2. The minimum absolute atomic E-state index is 0.165. The van der Waals surface area contributed by atoms with Crippen molar-refractivity contribution in [1.29, 1.82) is 0 Å². The van der Waals surface area contributed by atoms with Gasteiger partial charge in [-0.3, -0.25) is 0 Å². The first kappa shape index (κ1) is 12.0. The quantitative estimate of drug-likeness (QED) is 0.838. The van der Waals surface area contributed by atoms with Crippen LogP contribution in [0.3, 0.4) is 0 Å². The summed E-state index contributed by atoms with van der Waals surface area (Å²) in [6.45, 7) is 0.843. The Morgan fingerprint density at radius 1 is 1.28 bits per heavy atom. The van der Waals surface area contributed by atoms with Crippen molar-refractivity contribution in [3.8, 4) is 0 Å².